The molecule has 1 unspecified atom stereocenters. The highest BCUT2D eigenvalue weighted by Crippen LogP contribution is 2.54. The van der Waals surface area contributed by atoms with Crippen LogP contribution in [-0.4, -0.2) is 21.6 Å². The summed E-state index contributed by atoms with van der Waals surface area (Å²) < 4.78 is 1.82. The van der Waals surface area contributed by atoms with E-state index in [1.807, 2.05) is 24.0 Å². The average Bonchev–Trinajstić information content (AvgIpc) is 3.32. The average molecular weight is 458 g/mol. The number of Topliss-reactive ketones (excluding diaryl/α,β-unsaturated/α-hetero) is 1. The van der Waals surface area contributed by atoms with Crippen molar-refractivity contribution in [3.8, 4) is 11.3 Å². The lowest BCUT2D eigenvalue weighted by Gasteiger charge is -2.45. The zero-order valence-electron chi connectivity index (χ0n) is 21.4. The van der Waals surface area contributed by atoms with Gasteiger partial charge >= 0.3 is 0 Å². The number of carbonyl (C=O) groups excluding carboxylic acids is 1. The molecular formula is C28H35N5O. The van der Waals surface area contributed by atoms with E-state index in [9.17, 15) is 4.79 Å². The second kappa shape index (κ2) is 7.49. The van der Waals surface area contributed by atoms with E-state index in [1.54, 1.807) is 0 Å². The molecule has 2 aromatic rings. The van der Waals surface area contributed by atoms with Crippen LogP contribution in [0.15, 0.2) is 69.4 Å². The van der Waals surface area contributed by atoms with Crippen molar-refractivity contribution in [2.24, 2.45) is 28.1 Å². The zero-order valence-corrected chi connectivity index (χ0v) is 21.4. The Labute approximate surface area is 202 Å². The van der Waals surface area contributed by atoms with Crippen LogP contribution in [0.3, 0.4) is 0 Å². The van der Waals surface area contributed by atoms with Gasteiger partial charge in [0.25, 0.3) is 0 Å². The summed E-state index contributed by atoms with van der Waals surface area (Å²) >= 11 is 0. The third-order valence-corrected chi connectivity index (χ3v) is 7.32. The van der Waals surface area contributed by atoms with Crippen LogP contribution in [0.1, 0.15) is 66.4 Å². The number of ketones is 1. The molecule has 178 valence electrons. The molecule has 0 saturated carbocycles. The highest BCUT2D eigenvalue weighted by Gasteiger charge is 2.52. The minimum atomic E-state index is -0.603. The first-order valence-corrected chi connectivity index (χ1v) is 12.2. The number of aromatic nitrogens is 2. The van der Waals surface area contributed by atoms with E-state index in [0.717, 1.165) is 52.3 Å². The molecule has 1 aromatic carbocycles. The molecule has 0 amide bonds. The lowest BCUT2D eigenvalue weighted by atomic mass is 9.59. The number of hydrogen-bond acceptors (Lipinski definition) is 5. The number of dihydropyridines is 1. The van der Waals surface area contributed by atoms with E-state index in [1.165, 1.54) is 0 Å². The summed E-state index contributed by atoms with van der Waals surface area (Å²) in [6, 6.07) is 10.5. The summed E-state index contributed by atoms with van der Waals surface area (Å²) in [4.78, 5) is 13.8. The van der Waals surface area contributed by atoms with Crippen molar-refractivity contribution < 1.29 is 4.79 Å². The molecule has 34 heavy (non-hydrogen) atoms. The van der Waals surface area contributed by atoms with Crippen LogP contribution in [0.5, 0.6) is 0 Å². The van der Waals surface area contributed by atoms with Gasteiger partial charge in [-0.1, -0.05) is 52.8 Å². The molecule has 1 aromatic heterocycles. The molecule has 3 aliphatic rings. The summed E-state index contributed by atoms with van der Waals surface area (Å²) in [5.74, 6) is 1.04. The Kier molecular flexibility index (Phi) is 5.01. The topological polar surface area (TPSA) is 71.6 Å². The molecular weight excluding hydrogens is 422 g/mol. The number of nitrogens with zero attached hydrogens (tertiary/aromatic N) is 4. The molecule has 6 heteroatoms. The molecule has 2 atom stereocenters. The van der Waals surface area contributed by atoms with Crippen molar-refractivity contribution in [1.29, 1.82) is 0 Å². The number of azo groups is 1. The summed E-state index contributed by atoms with van der Waals surface area (Å²) in [6.45, 7) is 13.2. The Bertz CT molecular complexity index is 1270. The van der Waals surface area contributed by atoms with Crippen molar-refractivity contribution in [3.63, 3.8) is 0 Å². The molecule has 3 heterocycles. The molecule has 5 rings (SSSR count). The van der Waals surface area contributed by atoms with Crippen molar-refractivity contribution in [2.75, 3.05) is 0 Å². The van der Waals surface area contributed by atoms with Crippen LogP contribution in [0.2, 0.25) is 0 Å². The van der Waals surface area contributed by atoms with Gasteiger partial charge < -0.3 is 5.32 Å². The first-order valence-electron chi connectivity index (χ1n) is 12.2. The van der Waals surface area contributed by atoms with E-state index >= 15 is 0 Å². The number of nitrogens with one attached hydrogen (secondary N) is 1. The fourth-order valence-electron chi connectivity index (χ4n) is 5.93. The minimum Gasteiger partial charge on any atom is -0.342 e. The third kappa shape index (κ3) is 3.73. The molecule has 1 aliphatic carbocycles. The van der Waals surface area contributed by atoms with E-state index in [0.29, 0.717) is 6.42 Å². The number of carbonyl (C=O) groups is 1. The minimum absolute atomic E-state index is 0.0669. The molecule has 2 aliphatic heterocycles. The van der Waals surface area contributed by atoms with Gasteiger partial charge in [-0.3, -0.25) is 9.48 Å². The van der Waals surface area contributed by atoms with Gasteiger partial charge in [0.1, 0.15) is 0 Å². The van der Waals surface area contributed by atoms with Gasteiger partial charge in [0.15, 0.2) is 11.6 Å². The van der Waals surface area contributed by atoms with Crippen LogP contribution < -0.4 is 5.32 Å². The van der Waals surface area contributed by atoms with Gasteiger partial charge in [-0.2, -0.15) is 10.2 Å². The zero-order chi connectivity index (χ0) is 24.5. The third-order valence-electron chi connectivity index (χ3n) is 7.32. The monoisotopic (exact) mass is 457 g/mol. The van der Waals surface area contributed by atoms with Gasteiger partial charge in [-0.25, -0.2) is 0 Å². The second-order valence-electron chi connectivity index (χ2n) is 12.3. The standard InChI is InChI=1S/C28H35N5O/c1-26(2,3)14-21-24-25(31-30-21)29-20-15-27(4,5)16-22(34)23(20)28(24,6)18-10-8-9-17(13-18)19-11-12-33(7)32-19/h8-13,21,29H,14-16H2,1-7H3/t21?,28-/m1/s1. The summed E-state index contributed by atoms with van der Waals surface area (Å²) in [5, 5.41) is 17.5. The van der Waals surface area contributed by atoms with Gasteiger partial charge in [0, 0.05) is 47.5 Å². The van der Waals surface area contributed by atoms with Gasteiger partial charge in [-0.05, 0) is 48.3 Å². The molecule has 1 N–H and O–H groups in total. The molecule has 0 saturated heterocycles. The summed E-state index contributed by atoms with van der Waals surface area (Å²) in [6.07, 6.45) is 4.19. The van der Waals surface area contributed by atoms with E-state index in [-0.39, 0.29) is 22.7 Å². The fraction of sp³-hybridized carbons (Fsp3) is 0.500. The molecule has 0 bridgehead atoms. The number of benzene rings is 1. The maximum Gasteiger partial charge on any atom is 0.162 e. The van der Waals surface area contributed by atoms with Gasteiger partial charge in [-0.15, -0.1) is 5.11 Å². The Morgan fingerprint density at radius 1 is 1.15 bits per heavy atom. The van der Waals surface area contributed by atoms with Gasteiger partial charge in [0.2, 0.25) is 0 Å². The maximum atomic E-state index is 13.8. The number of aryl methyl sites for hydroxylation is 1. The SMILES string of the molecule is Cn1ccc(-c2cccc([C@]3(C)C4=C(CC(C)(C)CC4=O)NC4=C3C(CC(C)(C)C)N=N4)c2)n1. The first kappa shape index (κ1) is 22.8. The van der Waals surface area contributed by atoms with Crippen LogP contribution >= 0.6 is 0 Å². The Morgan fingerprint density at radius 2 is 1.91 bits per heavy atom. The molecule has 0 radical (unpaired) electrons. The lowest BCUT2D eigenvalue weighted by molar-refractivity contribution is -0.118. The van der Waals surface area contributed by atoms with Crippen molar-refractivity contribution >= 4 is 5.78 Å². The molecule has 0 fully saturated rings. The molecule has 0 spiro atoms. The highest BCUT2D eigenvalue weighted by molar-refractivity contribution is 6.01. The molecule has 6 nitrogen and oxygen atoms in total. The summed E-state index contributed by atoms with van der Waals surface area (Å²) in [5.41, 5.74) is 5.46. The number of allylic oxidation sites excluding steroid dienone is 2. The van der Waals surface area contributed by atoms with Crippen molar-refractivity contribution in [1.82, 2.24) is 15.1 Å². The smallest absolute Gasteiger partial charge is 0.162 e. The fourth-order valence-corrected chi connectivity index (χ4v) is 5.93. The number of rotatable bonds is 3. The van der Waals surface area contributed by atoms with E-state index in [2.05, 4.69) is 81.3 Å². The predicted octanol–water partition coefficient (Wildman–Crippen LogP) is 6.07. The lowest BCUT2D eigenvalue weighted by Crippen LogP contribution is -2.46. The Balaban J connectivity index is 1.71. The predicted molar refractivity (Wildman–Crippen MR) is 134 cm³/mol. The normalized spacial score (nSPS) is 26.0. The highest BCUT2D eigenvalue weighted by atomic mass is 16.1. The van der Waals surface area contributed by atoms with Crippen LogP contribution in [-0.2, 0) is 17.3 Å². The van der Waals surface area contributed by atoms with E-state index in [4.69, 9.17) is 5.11 Å². The largest absolute Gasteiger partial charge is 0.342 e. The Morgan fingerprint density at radius 3 is 2.59 bits per heavy atom. The van der Waals surface area contributed by atoms with Gasteiger partial charge in [0.05, 0.1) is 11.7 Å². The number of hydrogen-bond donors (Lipinski definition) is 1. The second-order valence-corrected chi connectivity index (χ2v) is 12.3. The van der Waals surface area contributed by atoms with Crippen LogP contribution in [0.4, 0.5) is 0 Å². The maximum absolute atomic E-state index is 13.8. The van der Waals surface area contributed by atoms with Crippen LogP contribution in [0.25, 0.3) is 11.3 Å². The first-order chi connectivity index (χ1) is 15.9. The van der Waals surface area contributed by atoms with Crippen molar-refractivity contribution in [3.05, 3.63) is 64.8 Å². The summed E-state index contributed by atoms with van der Waals surface area (Å²) in [7, 11) is 1.93. The van der Waals surface area contributed by atoms with E-state index < -0.39 is 5.41 Å². The Hall–Kier alpha value is -3.02. The van der Waals surface area contributed by atoms with Crippen LogP contribution in [0, 0.1) is 10.8 Å². The van der Waals surface area contributed by atoms with Crippen molar-refractivity contribution in [2.45, 2.75) is 72.3 Å². The quantitative estimate of drug-likeness (QED) is 0.608.